The lowest BCUT2D eigenvalue weighted by atomic mass is 9.95. The molecule has 7 nitrogen and oxygen atoms in total. The second kappa shape index (κ2) is 8.64. The fourth-order valence-corrected chi connectivity index (χ4v) is 3.26. The van der Waals surface area contributed by atoms with E-state index in [1.807, 2.05) is 4.90 Å². The highest BCUT2D eigenvalue weighted by molar-refractivity contribution is 5.93. The van der Waals surface area contributed by atoms with Gasteiger partial charge in [0.2, 0.25) is 5.91 Å². The third-order valence-corrected chi connectivity index (χ3v) is 4.61. The van der Waals surface area contributed by atoms with Crippen LogP contribution >= 0.6 is 0 Å². The summed E-state index contributed by atoms with van der Waals surface area (Å²) >= 11 is 0. The molecule has 28 heavy (non-hydrogen) atoms. The van der Waals surface area contributed by atoms with E-state index in [4.69, 9.17) is 0 Å². The molecule has 0 bridgehead atoms. The number of ether oxygens (including phenoxy) is 1. The van der Waals surface area contributed by atoms with Crippen LogP contribution in [0.15, 0.2) is 48.5 Å². The van der Waals surface area contributed by atoms with Crippen LogP contribution in [0.4, 0.5) is 25.8 Å². The number of rotatable bonds is 6. The van der Waals surface area contributed by atoms with Crippen molar-refractivity contribution < 1.29 is 23.2 Å². The fraction of sp³-hybridized carbons (Fsp3) is 0.316. The minimum atomic E-state index is -2.93. The van der Waals surface area contributed by atoms with Crippen molar-refractivity contribution in [2.45, 2.75) is 19.5 Å². The van der Waals surface area contributed by atoms with Crippen LogP contribution < -0.4 is 15.0 Å². The van der Waals surface area contributed by atoms with Gasteiger partial charge in [-0.1, -0.05) is 18.2 Å². The highest BCUT2D eigenvalue weighted by atomic mass is 19.3. The van der Waals surface area contributed by atoms with E-state index >= 15 is 0 Å². The molecular weight excluding hydrogens is 372 g/mol. The Morgan fingerprint density at radius 2 is 1.89 bits per heavy atom. The fourth-order valence-electron chi connectivity index (χ4n) is 3.26. The lowest BCUT2D eigenvalue weighted by Gasteiger charge is -2.32. The monoisotopic (exact) mass is 391 g/mol. The van der Waals surface area contributed by atoms with Crippen molar-refractivity contribution in [1.29, 1.82) is 0 Å². The first-order chi connectivity index (χ1) is 13.4. The molecule has 0 atom stereocenters. The largest absolute Gasteiger partial charge is 0.435 e. The van der Waals surface area contributed by atoms with Crippen LogP contribution in [-0.4, -0.2) is 30.5 Å². The zero-order chi connectivity index (χ0) is 20.1. The number of halogens is 2. The quantitative estimate of drug-likeness (QED) is 0.593. The summed E-state index contributed by atoms with van der Waals surface area (Å²) < 4.78 is 28.9. The molecule has 3 rings (SSSR count). The van der Waals surface area contributed by atoms with Crippen molar-refractivity contribution in [1.82, 2.24) is 0 Å². The van der Waals surface area contributed by atoms with E-state index in [1.165, 1.54) is 24.3 Å². The Labute approximate surface area is 160 Å². The number of alkyl halides is 2. The first-order valence-electron chi connectivity index (χ1n) is 8.78. The number of nitrogens with one attached hydrogen (secondary N) is 1. The third-order valence-electron chi connectivity index (χ3n) is 4.61. The average Bonchev–Trinajstić information content (AvgIpc) is 2.68. The molecule has 1 N–H and O–H groups in total. The number of hydrogen-bond acceptors (Lipinski definition) is 5. The Kier molecular flexibility index (Phi) is 6.03. The molecule has 1 saturated heterocycles. The van der Waals surface area contributed by atoms with Gasteiger partial charge in [0, 0.05) is 36.8 Å². The van der Waals surface area contributed by atoms with Gasteiger partial charge in [0.1, 0.15) is 11.4 Å². The molecule has 0 saturated carbocycles. The maximum absolute atomic E-state index is 12.5. The second-order valence-electron chi connectivity index (χ2n) is 6.40. The van der Waals surface area contributed by atoms with Crippen LogP contribution in [0.2, 0.25) is 0 Å². The summed E-state index contributed by atoms with van der Waals surface area (Å²) in [6.45, 7) is -1.91. The number of benzene rings is 2. The molecule has 148 valence electrons. The molecule has 0 aromatic heterocycles. The number of carbonyl (C=O) groups excluding carboxylic acids is 1. The van der Waals surface area contributed by atoms with Gasteiger partial charge in [-0.25, -0.2) is 0 Å². The van der Waals surface area contributed by atoms with E-state index in [9.17, 15) is 23.7 Å². The molecule has 2 aromatic rings. The average molecular weight is 391 g/mol. The number of anilines is 2. The van der Waals surface area contributed by atoms with Crippen LogP contribution in [0.5, 0.6) is 5.75 Å². The Morgan fingerprint density at radius 1 is 1.18 bits per heavy atom. The van der Waals surface area contributed by atoms with Crippen LogP contribution in [0, 0.1) is 16.0 Å². The van der Waals surface area contributed by atoms with E-state index in [1.54, 1.807) is 24.3 Å². The zero-order valence-corrected chi connectivity index (χ0v) is 14.9. The van der Waals surface area contributed by atoms with Gasteiger partial charge in [-0.2, -0.15) is 8.78 Å². The van der Waals surface area contributed by atoms with Gasteiger partial charge in [-0.15, -0.1) is 0 Å². The smallest absolute Gasteiger partial charge is 0.387 e. The third kappa shape index (κ3) is 4.73. The van der Waals surface area contributed by atoms with Crippen LogP contribution in [0.1, 0.15) is 12.8 Å². The molecular formula is C19H19F2N3O4. The number of para-hydroxylation sites is 2. The molecule has 9 heteroatoms. The van der Waals surface area contributed by atoms with E-state index < -0.39 is 11.5 Å². The number of piperidine rings is 1. The maximum atomic E-state index is 12.5. The van der Waals surface area contributed by atoms with E-state index in [-0.39, 0.29) is 23.3 Å². The lowest BCUT2D eigenvalue weighted by Crippen LogP contribution is -2.38. The van der Waals surface area contributed by atoms with Crippen molar-refractivity contribution in [3.63, 3.8) is 0 Å². The van der Waals surface area contributed by atoms with Crippen molar-refractivity contribution >= 4 is 23.0 Å². The first-order valence-corrected chi connectivity index (χ1v) is 8.78. The highest BCUT2D eigenvalue weighted by Gasteiger charge is 2.28. The number of amides is 1. The SMILES string of the molecule is O=C(Nc1cccc(OC(F)F)c1)C1CCN(c2ccccc2[N+](=O)[O-])CC1. The second-order valence-corrected chi connectivity index (χ2v) is 6.40. The molecule has 0 unspecified atom stereocenters. The molecule has 1 aliphatic rings. The number of hydrogen-bond donors (Lipinski definition) is 1. The van der Waals surface area contributed by atoms with Gasteiger partial charge in [0.15, 0.2) is 0 Å². The summed E-state index contributed by atoms with van der Waals surface area (Å²) in [4.78, 5) is 25.2. The molecule has 1 aliphatic heterocycles. The number of nitro benzene ring substituents is 1. The standard InChI is InChI=1S/C19H19F2N3O4/c20-19(21)28-15-5-3-4-14(12-15)22-18(25)13-8-10-23(11-9-13)16-6-1-2-7-17(16)24(26)27/h1-7,12-13,19H,8-11H2,(H,22,25). The van der Waals surface area contributed by atoms with Gasteiger partial charge >= 0.3 is 6.61 Å². The molecule has 1 heterocycles. The first kappa shape index (κ1) is 19.5. The molecule has 0 spiro atoms. The molecule has 1 fully saturated rings. The van der Waals surface area contributed by atoms with Gasteiger partial charge in [-0.05, 0) is 31.0 Å². The van der Waals surface area contributed by atoms with Gasteiger partial charge in [0.25, 0.3) is 5.69 Å². The highest BCUT2D eigenvalue weighted by Crippen LogP contribution is 2.31. The summed E-state index contributed by atoms with van der Waals surface area (Å²) in [5.41, 5.74) is 0.966. The van der Waals surface area contributed by atoms with Crippen molar-refractivity contribution in [2.24, 2.45) is 5.92 Å². The van der Waals surface area contributed by atoms with Crippen LogP contribution in [0.3, 0.4) is 0 Å². The minimum absolute atomic E-state index is 0.0287. The van der Waals surface area contributed by atoms with Crippen LogP contribution in [0.25, 0.3) is 0 Å². The Balaban J connectivity index is 1.59. The summed E-state index contributed by atoms with van der Waals surface area (Å²) in [6, 6.07) is 12.4. The Hall–Kier alpha value is -3.23. The number of carbonyl (C=O) groups is 1. The van der Waals surface area contributed by atoms with E-state index in [0.717, 1.165) is 0 Å². The predicted molar refractivity (Wildman–Crippen MR) is 99.7 cm³/mol. The summed E-state index contributed by atoms with van der Waals surface area (Å²) in [5.74, 6) is -0.505. The predicted octanol–water partition coefficient (Wildman–Crippen LogP) is 4.05. The lowest BCUT2D eigenvalue weighted by molar-refractivity contribution is -0.384. The summed E-state index contributed by atoms with van der Waals surface area (Å²) in [6.07, 6.45) is 1.07. The number of nitro groups is 1. The maximum Gasteiger partial charge on any atom is 0.387 e. The van der Waals surface area contributed by atoms with E-state index in [2.05, 4.69) is 10.1 Å². The van der Waals surface area contributed by atoms with Crippen LogP contribution in [-0.2, 0) is 4.79 Å². The Bertz CT molecular complexity index is 855. The van der Waals surface area contributed by atoms with E-state index in [0.29, 0.717) is 37.3 Å². The molecule has 1 amide bonds. The van der Waals surface area contributed by atoms with Crippen molar-refractivity contribution in [3.8, 4) is 5.75 Å². The summed E-state index contributed by atoms with van der Waals surface area (Å²) in [7, 11) is 0. The summed E-state index contributed by atoms with van der Waals surface area (Å²) in [5, 5.41) is 13.9. The van der Waals surface area contributed by atoms with Crippen molar-refractivity contribution in [2.75, 3.05) is 23.3 Å². The van der Waals surface area contributed by atoms with Crippen molar-refractivity contribution in [3.05, 3.63) is 58.6 Å². The Morgan fingerprint density at radius 3 is 2.57 bits per heavy atom. The van der Waals surface area contributed by atoms with Gasteiger partial charge < -0.3 is 15.0 Å². The minimum Gasteiger partial charge on any atom is -0.435 e. The normalized spacial score (nSPS) is 14.8. The number of nitrogens with zero attached hydrogens (tertiary/aromatic N) is 2. The molecule has 0 aliphatic carbocycles. The zero-order valence-electron chi connectivity index (χ0n) is 14.9. The topological polar surface area (TPSA) is 84.7 Å². The van der Waals surface area contributed by atoms with Gasteiger partial charge in [-0.3, -0.25) is 14.9 Å². The molecule has 0 radical (unpaired) electrons. The van der Waals surface area contributed by atoms with Gasteiger partial charge in [0.05, 0.1) is 4.92 Å². The molecule has 2 aromatic carbocycles.